The average Bonchev–Trinajstić information content (AvgIpc) is 2.19. The van der Waals surface area contributed by atoms with Crippen LogP contribution in [0.5, 0.6) is 0 Å². The van der Waals surface area contributed by atoms with Gasteiger partial charge >= 0.3 is 0 Å². The highest BCUT2D eigenvalue weighted by atomic mass is 16.5. The zero-order valence-electron chi connectivity index (χ0n) is 8.84. The molecule has 0 unspecified atom stereocenters. The highest BCUT2D eigenvalue weighted by Crippen LogP contribution is 2.19. The van der Waals surface area contributed by atoms with Gasteiger partial charge < -0.3 is 10.1 Å². The van der Waals surface area contributed by atoms with Crippen molar-refractivity contribution in [3.05, 3.63) is 12.2 Å². The maximum Gasteiger partial charge on any atom is 0.248 e. The summed E-state index contributed by atoms with van der Waals surface area (Å²) in [4.78, 5) is 11.1. The third-order valence-corrected chi connectivity index (χ3v) is 2.49. The molecule has 80 valence electrons. The Balaban J connectivity index is 2.08. The number of carbonyl (C=O) groups excluding carboxylic acids is 1. The van der Waals surface area contributed by atoms with Crippen LogP contribution >= 0.6 is 0 Å². The van der Waals surface area contributed by atoms with Gasteiger partial charge in [0, 0.05) is 5.57 Å². The van der Waals surface area contributed by atoms with Gasteiger partial charge in [-0.15, -0.1) is 0 Å². The standard InChI is InChI=1S/C11H19NO2/c1-9(2)11(13)12-8-14-10-6-4-3-5-7-10/h10H,1,3-8H2,2H3,(H,12,13). The first-order valence-corrected chi connectivity index (χ1v) is 5.25. The number of carbonyl (C=O) groups is 1. The molecular formula is C11H19NO2. The molecule has 14 heavy (non-hydrogen) atoms. The fourth-order valence-electron chi connectivity index (χ4n) is 1.61. The zero-order valence-corrected chi connectivity index (χ0v) is 8.84. The lowest BCUT2D eigenvalue weighted by molar-refractivity contribution is -0.120. The van der Waals surface area contributed by atoms with Gasteiger partial charge in [0.05, 0.1) is 6.10 Å². The minimum atomic E-state index is -0.124. The summed E-state index contributed by atoms with van der Waals surface area (Å²) in [6.07, 6.45) is 6.41. The van der Waals surface area contributed by atoms with Crippen LogP contribution < -0.4 is 5.32 Å². The Bertz CT molecular complexity index is 207. The van der Waals surface area contributed by atoms with E-state index in [9.17, 15) is 4.79 Å². The van der Waals surface area contributed by atoms with Crippen LogP contribution in [0.15, 0.2) is 12.2 Å². The second-order valence-corrected chi connectivity index (χ2v) is 3.86. The molecule has 1 rings (SSSR count). The fourth-order valence-corrected chi connectivity index (χ4v) is 1.61. The molecule has 0 atom stereocenters. The first kappa shape index (κ1) is 11.2. The Morgan fingerprint density at radius 2 is 2.07 bits per heavy atom. The molecule has 1 saturated carbocycles. The molecule has 1 fully saturated rings. The Kier molecular flexibility index (Phi) is 4.66. The van der Waals surface area contributed by atoms with Crippen LogP contribution in [-0.2, 0) is 9.53 Å². The molecule has 3 nitrogen and oxygen atoms in total. The maximum atomic E-state index is 11.1. The lowest BCUT2D eigenvalue weighted by atomic mass is 9.98. The number of hydrogen-bond donors (Lipinski definition) is 1. The van der Waals surface area contributed by atoms with Crippen LogP contribution in [0.1, 0.15) is 39.0 Å². The molecule has 0 aliphatic heterocycles. The molecule has 0 saturated heterocycles. The van der Waals surface area contributed by atoms with Crippen molar-refractivity contribution in [2.24, 2.45) is 0 Å². The molecule has 0 aromatic rings. The van der Waals surface area contributed by atoms with Gasteiger partial charge in [-0.25, -0.2) is 0 Å². The van der Waals surface area contributed by atoms with Crippen LogP contribution in [0.2, 0.25) is 0 Å². The first-order valence-electron chi connectivity index (χ1n) is 5.25. The summed E-state index contributed by atoms with van der Waals surface area (Å²) >= 11 is 0. The molecule has 1 N–H and O–H groups in total. The number of ether oxygens (including phenoxy) is 1. The number of amides is 1. The summed E-state index contributed by atoms with van der Waals surface area (Å²) in [5.74, 6) is -0.124. The second-order valence-electron chi connectivity index (χ2n) is 3.86. The molecule has 0 aromatic heterocycles. The van der Waals surface area contributed by atoms with Gasteiger partial charge in [0.15, 0.2) is 0 Å². The van der Waals surface area contributed by atoms with E-state index in [1.54, 1.807) is 6.92 Å². The smallest absolute Gasteiger partial charge is 0.248 e. The van der Waals surface area contributed by atoms with Crippen molar-refractivity contribution in [3.8, 4) is 0 Å². The lowest BCUT2D eigenvalue weighted by Crippen LogP contribution is -2.30. The van der Waals surface area contributed by atoms with Crippen LogP contribution in [0.25, 0.3) is 0 Å². The van der Waals surface area contributed by atoms with Gasteiger partial charge in [-0.1, -0.05) is 25.8 Å². The third-order valence-electron chi connectivity index (χ3n) is 2.49. The maximum absolute atomic E-state index is 11.1. The predicted octanol–water partition coefficient (Wildman–Crippen LogP) is 1.99. The topological polar surface area (TPSA) is 38.3 Å². The minimum Gasteiger partial charge on any atom is -0.358 e. The molecular weight excluding hydrogens is 178 g/mol. The Morgan fingerprint density at radius 3 is 2.64 bits per heavy atom. The first-order chi connectivity index (χ1) is 6.70. The van der Waals surface area contributed by atoms with E-state index >= 15 is 0 Å². The average molecular weight is 197 g/mol. The van der Waals surface area contributed by atoms with E-state index in [-0.39, 0.29) is 5.91 Å². The third kappa shape index (κ3) is 3.92. The molecule has 0 aromatic carbocycles. The van der Waals surface area contributed by atoms with Gasteiger partial charge in [-0.3, -0.25) is 4.79 Å². The summed E-state index contributed by atoms with van der Waals surface area (Å²) < 4.78 is 5.53. The van der Waals surface area contributed by atoms with E-state index < -0.39 is 0 Å². The quantitative estimate of drug-likeness (QED) is 0.553. The second kappa shape index (κ2) is 5.81. The SMILES string of the molecule is C=C(C)C(=O)NCOC1CCCCC1. The highest BCUT2D eigenvalue weighted by Gasteiger charge is 2.13. The van der Waals surface area contributed by atoms with Crippen LogP contribution in [0, 0.1) is 0 Å². The Hall–Kier alpha value is -0.830. The van der Waals surface area contributed by atoms with E-state index in [2.05, 4.69) is 11.9 Å². The summed E-state index contributed by atoms with van der Waals surface area (Å²) in [5, 5.41) is 2.67. The minimum absolute atomic E-state index is 0.124. The molecule has 1 aliphatic rings. The summed E-state index contributed by atoms with van der Waals surface area (Å²) in [7, 11) is 0. The lowest BCUT2D eigenvalue weighted by Gasteiger charge is -2.21. The number of nitrogens with one attached hydrogen (secondary N) is 1. The molecule has 1 amide bonds. The van der Waals surface area contributed by atoms with E-state index in [0.717, 1.165) is 12.8 Å². The fraction of sp³-hybridized carbons (Fsp3) is 0.727. The van der Waals surface area contributed by atoms with E-state index in [1.807, 2.05) is 0 Å². The predicted molar refractivity (Wildman–Crippen MR) is 55.8 cm³/mol. The molecule has 0 radical (unpaired) electrons. The van der Waals surface area contributed by atoms with Crippen molar-refractivity contribution in [2.75, 3.05) is 6.73 Å². The van der Waals surface area contributed by atoms with Gasteiger partial charge in [0.2, 0.25) is 5.91 Å². The monoisotopic (exact) mass is 197 g/mol. The highest BCUT2D eigenvalue weighted by molar-refractivity contribution is 5.91. The van der Waals surface area contributed by atoms with E-state index in [4.69, 9.17) is 4.74 Å². The summed E-state index contributed by atoms with van der Waals surface area (Å²) in [6.45, 7) is 5.56. The van der Waals surface area contributed by atoms with Crippen molar-refractivity contribution in [2.45, 2.75) is 45.1 Å². The van der Waals surface area contributed by atoms with Gasteiger partial charge in [-0.05, 0) is 19.8 Å². The van der Waals surface area contributed by atoms with Crippen LogP contribution in [0.4, 0.5) is 0 Å². The largest absolute Gasteiger partial charge is 0.358 e. The van der Waals surface area contributed by atoms with E-state index in [1.165, 1.54) is 19.3 Å². The Labute approximate surface area is 85.5 Å². The molecule has 3 heteroatoms. The van der Waals surface area contributed by atoms with Crippen LogP contribution in [-0.4, -0.2) is 18.7 Å². The Morgan fingerprint density at radius 1 is 1.43 bits per heavy atom. The van der Waals surface area contributed by atoms with Gasteiger partial charge in [-0.2, -0.15) is 0 Å². The number of hydrogen-bond acceptors (Lipinski definition) is 2. The van der Waals surface area contributed by atoms with Crippen molar-refractivity contribution >= 4 is 5.91 Å². The van der Waals surface area contributed by atoms with E-state index in [0.29, 0.717) is 18.4 Å². The van der Waals surface area contributed by atoms with Crippen molar-refractivity contribution in [1.82, 2.24) is 5.32 Å². The van der Waals surface area contributed by atoms with Crippen LogP contribution in [0.3, 0.4) is 0 Å². The normalized spacial score (nSPS) is 17.8. The summed E-state index contributed by atoms with van der Waals surface area (Å²) in [6, 6.07) is 0. The van der Waals surface area contributed by atoms with Gasteiger partial charge in [0.25, 0.3) is 0 Å². The number of rotatable bonds is 4. The molecule has 1 aliphatic carbocycles. The van der Waals surface area contributed by atoms with Crippen molar-refractivity contribution < 1.29 is 9.53 Å². The van der Waals surface area contributed by atoms with Crippen molar-refractivity contribution in [3.63, 3.8) is 0 Å². The van der Waals surface area contributed by atoms with Gasteiger partial charge in [0.1, 0.15) is 6.73 Å². The molecule has 0 bridgehead atoms. The summed E-state index contributed by atoms with van der Waals surface area (Å²) in [5.41, 5.74) is 0.525. The zero-order chi connectivity index (χ0) is 10.4. The molecule has 0 heterocycles. The molecule has 0 spiro atoms. The van der Waals surface area contributed by atoms with Crippen molar-refractivity contribution in [1.29, 1.82) is 0 Å².